The highest BCUT2D eigenvalue weighted by Crippen LogP contribution is 2.65. The van der Waals surface area contributed by atoms with Crippen LogP contribution in [0.1, 0.15) is 19.3 Å². The van der Waals surface area contributed by atoms with Crippen LogP contribution in [-0.2, 0) is 4.79 Å². The van der Waals surface area contributed by atoms with Gasteiger partial charge in [-0.3, -0.25) is 4.79 Å². The quantitative estimate of drug-likeness (QED) is 0.667. The number of rotatable bonds is 4. The minimum atomic E-state index is -0.0566. The normalized spacial score (nSPS) is 42.6. The van der Waals surface area contributed by atoms with Gasteiger partial charge in [-0.15, -0.1) is 0 Å². The van der Waals surface area contributed by atoms with Crippen LogP contribution < -0.4 is 10.6 Å². The average Bonchev–Trinajstić information content (AvgIpc) is 2.69. The average molecular weight is 219 g/mol. The maximum absolute atomic E-state index is 11.3. The van der Waals surface area contributed by atoms with Crippen LogP contribution in [0.5, 0.6) is 0 Å². The van der Waals surface area contributed by atoms with E-state index in [1.807, 2.05) is 6.07 Å². The Bertz CT molecular complexity index is 333. The Kier molecular flexibility index (Phi) is 2.36. The second kappa shape index (κ2) is 3.74. The first-order valence-corrected chi connectivity index (χ1v) is 6.18. The zero-order valence-corrected chi connectivity index (χ0v) is 9.28. The molecule has 3 saturated carbocycles. The molecule has 3 aliphatic rings. The molecule has 4 nitrogen and oxygen atoms in total. The highest BCUT2D eigenvalue weighted by Gasteiger charge is 2.64. The van der Waals surface area contributed by atoms with Crippen molar-refractivity contribution in [3.63, 3.8) is 0 Å². The van der Waals surface area contributed by atoms with E-state index in [4.69, 9.17) is 5.26 Å². The summed E-state index contributed by atoms with van der Waals surface area (Å²) in [5.41, 5.74) is 0. The summed E-state index contributed by atoms with van der Waals surface area (Å²) in [4.78, 5) is 11.3. The molecule has 0 aromatic carbocycles. The van der Waals surface area contributed by atoms with Crippen molar-refractivity contribution in [3.05, 3.63) is 0 Å². The maximum atomic E-state index is 11.3. The van der Waals surface area contributed by atoms with E-state index in [1.54, 1.807) is 0 Å². The van der Waals surface area contributed by atoms with Gasteiger partial charge in [-0.05, 0) is 42.9 Å². The van der Waals surface area contributed by atoms with Crippen LogP contribution in [0.3, 0.4) is 0 Å². The van der Waals surface area contributed by atoms with E-state index in [2.05, 4.69) is 10.6 Å². The van der Waals surface area contributed by atoms with Crippen molar-refractivity contribution in [1.29, 1.82) is 5.26 Å². The van der Waals surface area contributed by atoms with E-state index in [-0.39, 0.29) is 12.5 Å². The first-order chi connectivity index (χ1) is 7.81. The minimum absolute atomic E-state index is 0.0566. The number of hydrogen-bond acceptors (Lipinski definition) is 3. The fraction of sp³-hybridized carbons (Fsp3) is 0.833. The molecule has 3 rings (SSSR count). The molecule has 16 heavy (non-hydrogen) atoms. The monoisotopic (exact) mass is 219 g/mol. The van der Waals surface area contributed by atoms with E-state index in [0.29, 0.717) is 12.6 Å². The molecule has 0 radical (unpaired) electrons. The lowest BCUT2D eigenvalue weighted by atomic mass is 10.0. The molecule has 86 valence electrons. The Morgan fingerprint density at radius 3 is 2.62 bits per heavy atom. The van der Waals surface area contributed by atoms with Crippen LogP contribution in [0, 0.1) is 35.0 Å². The van der Waals surface area contributed by atoms with E-state index >= 15 is 0 Å². The molecule has 0 saturated heterocycles. The number of carbonyl (C=O) groups is 1. The summed E-state index contributed by atoms with van der Waals surface area (Å²) in [7, 11) is 0. The summed E-state index contributed by atoms with van der Waals surface area (Å²) in [6.07, 6.45) is 4.25. The van der Waals surface area contributed by atoms with Gasteiger partial charge >= 0.3 is 0 Å². The molecule has 0 aromatic heterocycles. The molecule has 2 N–H and O–H groups in total. The van der Waals surface area contributed by atoms with E-state index in [9.17, 15) is 4.79 Å². The molecule has 3 aliphatic carbocycles. The molecule has 0 heterocycles. The molecular formula is C12H17N3O. The number of nitriles is 1. The molecule has 3 fully saturated rings. The molecule has 0 aromatic rings. The zero-order valence-electron chi connectivity index (χ0n) is 9.28. The Labute approximate surface area is 95.4 Å². The Hall–Kier alpha value is -1.08. The second-order valence-corrected chi connectivity index (χ2v) is 5.33. The van der Waals surface area contributed by atoms with Crippen LogP contribution in [0.15, 0.2) is 0 Å². The molecule has 4 unspecified atom stereocenters. The minimum Gasteiger partial charge on any atom is -0.342 e. The van der Waals surface area contributed by atoms with Crippen LogP contribution >= 0.6 is 0 Å². The largest absolute Gasteiger partial charge is 0.342 e. The number of hydrogen-bond donors (Lipinski definition) is 2. The van der Waals surface area contributed by atoms with E-state index < -0.39 is 0 Å². The predicted octanol–water partition coefficient (Wildman–Crippen LogP) is 0.260. The van der Waals surface area contributed by atoms with Crippen molar-refractivity contribution < 1.29 is 4.79 Å². The van der Waals surface area contributed by atoms with Gasteiger partial charge in [0.05, 0.1) is 12.6 Å². The maximum Gasteiger partial charge on any atom is 0.234 e. The van der Waals surface area contributed by atoms with Crippen LogP contribution in [0.4, 0.5) is 0 Å². The molecule has 1 amide bonds. The first kappa shape index (κ1) is 10.1. The molecule has 0 spiro atoms. The van der Waals surface area contributed by atoms with Gasteiger partial charge in [0.15, 0.2) is 0 Å². The summed E-state index contributed by atoms with van der Waals surface area (Å²) in [6, 6.07) is 2.50. The van der Waals surface area contributed by atoms with Crippen molar-refractivity contribution in [2.75, 3.05) is 13.1 Å². The summed E-state index contributed by atoms with van der Waals surface area (Å²) in [5, 5.41) is 14.2. The van der Waals surface area contributed by atoms with Crippen LogP contribution in [0.25, 0.3) is 0 Å². The van der Waals surface area contributed by atoms with Crippen LogP contribution in [0.2, 0.25) is 0 Å². The van der Waals surface area contributed by atoms with Gasteiger partial charge in [0.2, 0.25) is 5.91 Å². The van der Waals surface area contributed by atoms with Gasteiger partial charge in [0.1, 0.15) is 6.54 Å². The van der Waals surface area contributed by atoms with Crippen molar-refractivity contribution in [1.82, 2.24) is 10.6 Å². The van der Waals surface area contributed by atoms with Crippen molar-refractivity contribution in [2.24, 2.45) is 23.7 Å². The summed E-state index contributed by atoms with van der Waals surface area (Å²) in [6.45, 7) is 0.488. The highest BCUT2D eigenvalue weighted by atomic mass is 16.1. The number of carbonyl (C=O) groups excluding carboxylic acids is 1. The summed E-state index contributed by atoms with van der Waals surface area (Å²) < 4.78 is 0. The van der Waals surface area contributed by atoms with Gasteiger partial charge in [-0.1, -0.05) is 0 Å². The summed E-state index contributed by atoms with van der Waals surface area (Å²) in [5.74, 6) is 3.55. The van der Waals surface area contributed by atoms with Gasteiger partial charge in [0, 0.05) is 6.04 Å². The molecule has 2 bridgehead atoms. The smallest absolute Gasteiger partial charge is 0.234 e. The number of amides is 1. The van der Waals surface area contributed by atoms with Crippen LogP contribution in [-0.4, -0.2) is 25.0 Å². The fourth-order valence-corrected chi connectivity index (χ4v) is 4.01. The lowest BCUT2D eigenvalue weighted by molar-refractivity contribution is -0.120. The van der Waals surface area contributed by atoms with E-state index in [1.165, 1.54) is 19.3 Å². The van der Waals surface area contributed by atoms with Gasteiger partial charge in [-0.25, -0.2) is 0 Å². The van der Waals surface area contributed by atoms with Gasteiger partial charge in [0.25, 0.3) is 0 Å². The molecular weight excluding hydrogens is 202 g/mol. The molecule has 0 aliphatic heterocycles. The van der Waals surface area contributed by atoms with Gasteiger partial charge in [-0.2, -0.15) is 5.26 Å². The lowest BCUT2D eigenvalue weighted by Crippen LogP contribution is -2.36. The van der Waals surface area contributed by atoms with Crippen molar-refractivity contribution in [3.8, 4) is 6.07 Å². The van der Waals surface area contributed by atoms with E-state index in [0.717, 1.165) is 23.7 Å². The third kappa shape index (κ3) is 1.51. The Balaban J connectivity index is 1.42. The third-order valence-electron chi connectivity index (χ3n) is 4.60. The second-order valence-electron chi connectivity index (χ2n) is 5.33. The number of nitrogens with one attached hydrogen (secondary N) is 2. The highest BCUT2D eigenvalue weighted by molar-refractivity contribution is 5.78. The third-order valence-corrected chi connectivity index (χ3v) is 4.60. The fourth-order valence-electron chi connectivity index (χ4n) is 4.01. The zero-order chi connectivity index (χ0) is 11.1. The predicted molar refractivity (Wildman–Crippen MR) is 58.2 cm³/mol. The Morgan fingerprint density at radius 1 is 1.31 bits per heavy atom. The number of nitrogens with zero attached hydrogens (tertiary/aromatic N) is 1. The lowest BCUT2D eigenvalue weighted by Gasteiger charge is -2.09. The molecule has 4 heteroatoms. The SMILES string of the molecule is N#CCNC(=O)CNC1C2C3CCC(C3)C12. The summed E-state index contributed by atoms with van der Waals surface area (Å²) >= 11 is 0. The standard InChI is InChI=1S/C12H17N3O/c13-3-4-14-9(16)6-15-12-10-7-1-2-8(5-7)11(10)12/h7-8,10-12,15H,1-2,4-6H2,(H,14,16). The number of fused-ring (bicyclic) bond motifs is 5. The van der Waals surface area contributed by atoms with Gasteiger partial charge < -0.3 is 10.6 Å². The van der Waals surface area contributed by atoms with Crippen molar-refractivity contribution in [2.45, 2.75) is 25.3 Å². The molecule has 4 atom stereocenters. The Morgan fingerprint density at radius 2 is 2.00 bits per heavy atom. The first-order valence-electron chi connectivity index (χ1n) is 6.18. The van der Waals surface area contributed by atoms with Crippen molar-refractivity contribution >= 4 is 5.91 Å². The topological polar surface area (TPSA) is 64.9 Å².